The molecule has 0 spiro atoms. The van der Waals surface area contributed by atoms with Crippen LogP contribution in [0.15, 0.2) is 53.6 Å². The van der Waals surface area contributed by atoms with E-state index in [1.54, 1.807) is 25.5 Å². The van der Waals surface area contributed by atoms with E-state index in [0.29, 0.717) is 15.7 Å². The van der Waals surface area contributed by atoms with Crippen molar-refractivity contribution in [2.45, 2.75) is 0 Å². The Bertz CT molecular complexity index is 881. The monoisotopic (exact) mass is 345 g/mol. The van der Waals surface area contributed by atoms with Gasteiger partial charge in [0.2, 0.25) is 0 Å². The van der Waals surface area contributed by atoms with Crippen LogP contribution in [0.5, 0.6) is 5.75 Å². The lowest BCUT2D eigenvalue weighted by Crippen LogP contribution is -1.93. The first-order valence-electron chi connectivity index (χ1n) is 6.84. The topological polar surface area (TPSA) is 46.5 Å². The SMILES string of the molecule is COc1ccc2nc(Cl)c(/C=N\Nc3cccc(Cl)c3)cc2c1. The van der Waals surface area contributed by atoms with Crippen LogP contribution in [-0.4, -0.2) is 18.3 Å². The molecular weight excluding hydrogens is 333 g/mol. The number of hydrazone groups is 1. The maximum Gasteiger partial charge on any atom is 0.138 e. The van der Waals surface area contributed by atoms with Gasteiger partial charge in [0, 0.05) is 16.0 Å². The van der Waals surface area contributed by atoms with Crippen LogP contribution >= 0.6 is 23.2 Å². The first-order chi connectivity index (χ1) is 11.2. The fourth-order valence-corrected chi connectivity index (χ4v) is 2.48. The highest BCUT2D eigenvalue weighted by molar-refractivity contribution is 6.32. The first-order valence-corrected chi connectivity index (χ1v) is 7.60. The highest BCUT2D eigenvalue weighted by Crippen LogP contribution is 2.23. The minimum absolute atomic E-state index is 0.388. The lowest BCUT2D eigenvalue weighted by molar-refractivity contribution is 0.415. The minimum atomic E-state index is 0.388. The fourth-order valence-electron chi connectivity index (χ4n) is 2.10. The Balaban J connectivity index is 1.86. The minimum Gasteiger partial charge on any atom is -0.497 e. The third-order valence-electron chi connectivity index (χ3n) is 3.22. The number of hydrogen-bond donors (Lipinski definition) is 1. The second kappa shape index (κ2) is 6.86. The van der Waals surface area contributed by atoms with Gasteiger partial charge in [-0.15, -0.1) is 0 Å². The van der Waals surface area contributed by atoms with Crippen LogP contribution in [0, 0.1) is 0 Å². The van der Waals surface area contributed by atoms with Gasteiger partial charge in [-0.05, 0) is 42.5 Å². The zero-order valence-corrected chi connectivity index (χ0v) is 13.8. The number of benzene rings is 2. The maximum absolute atomic E-state index is 6.20. The number of aromatic nitrogens is 1. The number of rotatable bonds is 4. The van der Waals surface area contributed by atoms with Gasteiger partial charge in [-0.25, -0.2) is 4.98 Å². The Morgan fingerprint density at radius 2 is 2.00 bits per heavy atom. The Morgan fingerprint density at radius 1 is 1.13 bits per heavy atom. The molecule has 0 aliphatic heterocycles. The van der Waals surface area contributed by atoms with E-state index in [9.17, 15) is 0 Å². The van der Waals surface area contributed by atoms with Crippen molar-refractivity contribution in [1.29, 1.82) is 0 Å². The van der Waals surface area contributed by atoms with Crippen molar-refractivity contribution in [3.63, 3.8) is 0 Å². The van der Waals surface area contributed by atoms with Crippen molar-refractivity contribution < 1.29 is 4.74 Å². The number of ether oxygens (including phenoxy) is 1. The van der Waals surface area contributed by atoms with Crippen LogP contribution in [0.25, 0.3) is 10.9 Å². The molecule has 1 heterocycles. The van der Waals surface area contributed by atoms with Crippen molar-refractivity contribution in [2.24, 2.45) is 5.10 Å². The number of anilines is 1. The van der Waals surface area contributed by atoms with Crippen LogP contribution < -0.4 is 10.2 Å². The third-order valence-corrected chi connectivity index (χ3v) is 3.76. The van der Waals surface area contributed by atoms with Crippen molar-refractivity contribution >= 4 is 46.0 Å². The van der Waals surface area contributed by atoms with Gasteiger partial charge in [-0.3, -0.25) is 5.43 Å². The molecule has 0 radical (unpaired) electrons. The van der Waals surface area contributed by atoms with Crippen molar-refractivity contribution in [3.05, 3.63) is 64.3 Å². The van der Waals surface area contributed by atoms with E-state index in [1.807, 2.05) is 36.4 Å². The Hall–Kier alpha value is -2.30. The van der Waals surface area contributed by atoms with Crippen LogP contribution in [0.1, 0.15) is 5.56 Å². The largest absolute Gasteiger partial charge is 0.497 e. The number of methoxy groups -OCH3 is 1. The van der Waals surface area contributed by atoms with Gasteiger partial charge in [0.25, 0.3) is 0 Å². The van der Waals surface area contributed by atoms with Gasteiger partial charge < -0.3 is 4.74 Å². The van der Waals surface area contributed by atoms with E-state index in [-0.39, 0.29) is 0 Å². The summed E-state index contributed by atoms with van der Waals surface area (Å²) < 4.78 is 5.22. The van der Waals surface area contributed by atoms with E-state index in [2.05, 4.69) is 15.5 Å². The number of pyridine rings is 1. The predicted octanol–water partition coefficient (Wildman–Crippen LogP) is 5.00. The molecule has 0 atom stereocenters. The number of hydrogen-bond acceptors (Lipinski definition) is 4. The standard InChI is InChI=1S/C17H13Cl2N3O/c1-23-15-5-6-16-11(8-15)7-12(17(19)21-16)10-20-22-14-4-2-3-13(18)9-14/h2-10,22H,1H3/b20-10-. The molecule has 2 aromatic carbocycles. The first kappa shape index (κ1) is 15.6. The average Bonchev–Trinajstić information content (AvgIpc) is 2.55. The van der Waals surface area contributed by atoms with Gasteiger partial charge in [-0.2, -0.15) is 5.10 Å². The van der Waals surface area contributed by atoms with Crippen LogP contribution in [0.4, 0.5) is 5.69 Å². The third kappa shape index (κ3) is 3.73. The molecule has 0 bridgehead atoms. The summed E-state index contributed by atoms with van der Waals surface area (Å²) >= 11 is 12.1. The fraction of sp³-hybridized carbons (Fsp3) is 0.0588. The highest BCUT2D eigenvalue weighted by Gasteiger charge is 2.04. The molecule has 0 fully saturated rings. The zero-order valence-electron chi connectivity index (χ0n) is 12.3. The van der Waals surface area contributed by atoms with Crippen molar-refractivity contribution in [3.8, 4) is 5.75 Å². The van der Waals surface area contributed by atoms with E-state index in [0.717, 1.165) is 22.3 Å². The van der Waals surface area contributed by atoms with E-state index in [4.69, 9.17) is 27.9 Å². The highest BCUT2D eigenvalue weighted by atomic mass is 35.5. The normalized spacial score (nSPS) is 11.1. The van der Waals surface area contributed by atoms with E-state index < -0.39 is 0 Å². The molecule has 116 valence electrons. The molecule has 3 aromatic rings. The predicted molar refractivity (Wildman–Crippen MR) is 96.0 cm³/mol. The molecule has 1 aromatic heterocycles. The van der Waals surface area contributed by atoms with Crippen molar-refractivity contribution in [2.75, 3.05) is 12.5 Å². The van der Waals surface area contributed by atoms with E-state index in [1.165, 1.54) is 0 Å². The number of nitrogens with zero attached hydrogens (tertiary/aromatic N) is 2. The summed E-state index contributed by atoms with van der Waals surface area (Å²) in [4.78, 5) is 4.36. The van der Waals surface area contributed by atoms with Crippen molar-refractivity contribution in [1.82, 2.24) is 4.98 Å². The zero-order chi connectivity index (χ0) is 16.2. The molecule has 0 saturated heterocycles. The molecule has 0 aliphatic rings. The molecular formula is C17H13Cl2N3O. The molecule has 0 saturated carbocycles. The van der Waals surface area contributed by atoms with Crippen LogP contribution in [0.3, 0.4) is 0 Å². The second-order valence-corrected chi connectivity index (χ2v) is 5.60. The molecule has 0 aliphatic carbocycles. The lowest BCUT2D eigenvalue weighted by Gasteiger charge is -2.05. The van der Waals surface area contributed by atoms with Gasteiger partial charge >= 0.3 is 0 Å². The second-order valence-electron chi connectivity index (χ2n) is 4.81. The Morgan fingerprint density at radius 3 is 2.78 bits per heavy atom. The number of nitrogens with one attached hydrogen (secondary N) is 1. The smallest absolute Gasteiger partial charge is 0.138 e. The summed E-state index contributed by atoms with van der Waals surface area (Å²) in [5.41, 5.74) is 5.21. The summed E-state index contributed by atoms with van der Waals surface area (Å²) in [6, 6.07) is 14.8. The van der Waals surface area contributed by atoms with Crippen LogP contribution in [-0.2, 0) is 0 Å². The van der Waals surface area contributed by atoms with Gasteiger partial charge in [0.15, 0.2) is 0 Å². The maximum atomic E-state index is 6.20. The van der Waals surface area contributed by atoms with Crippen LogP contribution in [0.2, 0.25) is 10.2 Å². The quantitative estimate of drug-likeness (QED) is 0.411. The molecule has 6 heteroatoms. The summed E-state index contributed by atoms with van der Waals surface area (Å²) in [6.45, 7) is 0. The Kier molecular flexibility index (Phi) is 4.65. The molecule has 0 amide bonds. The summed E-state index contributed by atoms with van der Waals surface area (Å²) in [6.07, 6.45) is 1.62. The molecule has 23 heavy (non-hydrogen) atoms. The molecule has 4 nitrogen and oxygen atoms in total. The molecule has 1 N–H and O–H groups in total. The average molecular weight is 346 g/mol. The van der Waals surface area contributed by atoms with Gasteiger partial charge in [0.05, 0.1) is 24.5 Å². The summed E-state index contributed by atoms with van der Waals surface area (Å²) in [5, 5.41) is 6.13. The van der Waals surface area contributed by atoms with Gasteiger partial charge in [0.1, 0.15) is 10.9 Å². The van der Waals surface area contributed by atoms with Gasteiger partial charge in [-0.1, -0.05) is 29.3 Å². The number of fused-ring (bicyclic) bond motifs is 1. The summed E-state index contributed by atoms with van der Waals surface area (Å²) in [5.74, 6) is 0.765. The molecule has 0 unspecified atom stereocenters. The molecule has 3 rings (SSSR count). The lowest BCUT2D eigenvalue weighted by atomic mass is 10.1. The Labute approximate surface area is 143 Å². The van der Waals surface area contributed by atoms with E-state index >= 15 is 0 Å². The number of halogens is 2. The summed E-state index contributed by atoms with van der Waals surface area (Å²) in [7, 11) is 1.63.